The molecule has 29 heavy (non-hydrogen) atoms. The number of allylic oxidation sites excluding steroid dienone is 2. The minimum atomic E-state index is -0.324. The van der Waals surface area contributed by atoms with Crippen molar-refractivity contribution < 1.29 is 14.3 Å². The van der Waals surface area contributed by atoms with Crippen molar-refractivity contribution >= 4 is 51.6 Å². The molecule has 2 heterocycles. The van der Waals surface area contributed by atoms with Gasteiger partial charge in [-0.25, -0.2) is 4.79 Å². The molecule has 0 N–H and O–H groups in total. The molecule has 0 spiro atoms. The molecule has 154 valence electrons. The standard InChI is InChI=1S/C21H25N3O3S2/c1-5-22-15-10-9-14(20(26)27-8-4)13-16(15)23(6-2)18(22)12-11-17-19(25)24(7-3)21(28)29-17/h9-13H,5-8H2,1-4H3/b17-11-,18-12-. The maximum atomic E-state index is 12.5. The van der Waals surface area contributed by atoms with Crippen LogP contribution in [0.15, 0.2) is 41.1 Å². The predicted molar refractivity (Wildman–Crippen MR) is 122 cm³/mol. The summed E-state index contributed by atoms with van der Waals surface area (Å²) in [6.45, 7) is 10.3. The van der Waals surface area contributed by atoms with E-state index in [1.165, 1.54) is 11.8 Å². The monoisotopic (exact) mass is 431 g/mol. The number of carbonyl (C=O) groups is 2. The van der Waals surface area contributed by atoms with Crippen molar-refractivity contribution in [2.24, 2.45) is 0 Å². The van der Waals surface area contributed by atoms with Gasteiger partial charge in [-0.15, -0.1) is 0 Å². The summed E-state index contributed by atoms with van der Waals surface area (Å²) in [5.41, 5.74) is 2.52. The van der Waals surface area contributed by atoms with Crippen LogP contribution in [0.5, 0.6) is 0 Å². The molecule has 3 rings (SSSR count). The summed E-state index contributed by atoms with van der Waals surface area (Å²) in [4.78, 5) is 31.2. The van der Waals surface area contributed by atoms with Gasteiger partial charge >= 0.3 is 5.97 Å². The van der Waals surface area contributed by atoms with E-state index in [-0.39, 0.29) is 11.9 Å². The summed E-state index contributed by atoms with van der Waals surface area (Å²) < 4.78 is 5.74. The van der Waals surface area contributed by atoms with Gasteiger partial charge < -0.3 is 14.5 Å². The lowest BCUT2D eigenvalue weighted by Gasteiger charge is -2.23. The number of benzene rings is 1. The summed E-state index contributed by atoms with van der Waals surface area (Å²) in [5.74, 6) is 0.591. The normalized spacial score (nSPS) is 19.0. The van der Waals surface area contributed by atoms with Crippen molar-refractivity contribution in [3.05, 3.63) is 46.6 Å². The molecule has 0 aliphatic carbocycles. The fourth-order valence-corrected chi connectivity index (χ4v) is 4.81. The average molecular weight is 432 g/mol. The van der Waals surface area contributed by atoms with Crippen molar-refractivity contribution in [3.8, 4) is 0 Å². The van der Waals surface area contributed by atoms with Crippen LogP contribution in [0, 0.1) is 0 Å². The number of amides is 1. The minimum absolute atomic E-state index is 0.0504. The maximum Gasteiger partial charge on any atom is 0.338 e. The Morgan fingerprint density at radius 1 is 1.03 bits per heavy atom. The molecule has 1 aromatic carbocycles. The van der Waals surface area contributed by atoms with Crippen LogP contribution in [0.3, 0.4) is 0 Å². The van der Waals surface area contributed by atoms with E-state index in [0.717, 1.165) is 30.3 Å². The summed E-state index contributed by atoms with van der Waals surface area (Å²) in [6, 6.07) is 5.62. The second-order valence-electron chi connectivity index (χ2n) is 6.39. The van der Waals surface area contributed by atoms with E-state index in [9.17, 15) is 9.59 Å². The molecule has 0 bridgehead atoms. The molecular weight excluding hydrogens is 406 g/mol. The van der Waals surface area contributed by atoms with Crippen LogP contribution in [0.25, 0.3) is 0 Å². The van der Waals surface area contributed by atoms with E-state index in [2.05, 4.69) is 23.6 Å². The lowest BCUT2D eigenvalue weighted by molar-refractivity contribution is -0.122. The molecule has 1 amide bonds. The zero-order valence-corrected chi connectivity index (χ0v) is 18.7. The van der Waals surface area contributed by atoms with Gasteiger partial charge in [0.15, 0.2) is 0 Å². The van der Waals surface area contributed by atoms with Gasteiger partial charge in [0.25, 0.3) is 5.91 Å². The highest BCUT2D eigenvalue weighted by molar-refractivity contribution is 8.26. The largest absolute Gasteiger partial charge is 0.462 e. The third-order valence-electron chi connectivity index (χ3n) is 4.83. The van der Waals surface area contributed by atoms with E-state index >= 15 is 0 Å². The molecule has 2 aliphatic heterocycles. The number of carbonyl (C=O) groups excluding carboxylic acids is 2. The van der Waals surface area contributed by atoms with Crippen LogP contribution >= 0.6 is 24.0 Å². The lowest BCUT2D eigenvalue weighted by Crippen LogP contribution is -2.28. The summed E-state index contributed by atoms with van der Waals surface area (Å²) >= 11 is 6.62. The van der Waals surface area contributed by atoms with E-state index in [0.29, 0.717) is 27.9 Å². The molecule has 1 fully saturated rings. The zero-order valence-electron chi connectivity index (χ0n) is 17.1. The number of esters is 1. The van der Waals surface area contributed by atoms with Crippen molar-refractivity contribution in [2.75, 3.05) is 36.0 Å². The first kappa shape index (κ1) is 21.4. The van der Waals surface area contributed by atoms with Gasteiger partial charge in [0.2, 0.25) is 0 Å². The van der Waals surface area contributed by atoms with E-state index in [4.69, 9.17) is 17.0 Å². The molecule has 0 radical (unpaired) electrons. The zero-order chi connectivity index (χ0) is 21.1. The van der Waals surface area contributed by atoms with Crippen molar-refractivity contribution in [1.82, 2.24) is 4.90 Å². The van der Waals surface area contributed by atoms with Gasteiger partial charge in [0.05, 0.1) is 28.5 Å². The quantitative estimate of drug-likeness (QED) is 0.381. The Kier molecular flexibility index (Phi) is 6.64. The van der Waals surface area contributed by atoms with Crippen molar-refractivity contribution in [2.45, 2.75) is 27.7 Å². The SMILES string of the molecule is CCOC(=O)c1ccc2c(c1)N(CC)/C(=C\C=C1/SC(=S)N(CC)C1=O)N2CC. The summed E-state index contributed by atoms with van der Waals surface area (Å²) in [7, 11) is 0. The fraction of sp³-hybridized carbons (Fsp3) is 0.381. The first-order chi connectivity index (χ1) is 14.0. The molecule has 0 atom stereocenters. The summed E-state index contributed by atoms with van der Waals surface area (Å²) in [6.07, 6.45) is 3.80. The fourth-order valence-electron chi connectivity index (χ4n) is 3.48. The second kappa shape index (κ2) is 9.00. The Morgan fingerprint density at radius 3 is 2.28 bits per heavy atom. The first-order valence-corrected chi connectivity index (χ1v) is 11.0. The van der Waals surface area contributed by atoms with Crippen molar-refractivity contribution in [1.29, 1.82) is 0 Å². The second-order valence-corrected chi connectivity index (χ2v) is 8.06. The number of ether oxygens (including phenoxy) is 1. The number of likely N-dealkylation sites (N-methyl/N-ethyl adjacent to an activating group) is 1. The number of hydrogen-bond donors (Lipinski definition) is 0. The van der Waals surface area contributed by atoms with Crippen LogP contribution in [0.1, 0.15) is 38.1 Å². The van der Waals surface area contributed by atoms with Gasteiger partial charge in [-0.3, -0.25) is 9.69 Å². The highest BCUT2D eigenvalue weighted by atomic mass is 32.2. The van der Waals surface area contributed by atoms with Crippen molar-refractivity contribution in [3.63, 3.8) is 0 Å². The first-order valence-electron chi connectivity index (χ1n) is 9.78. The Labute approximate surface area is 181 Å². The highest BCUT2D eigenvalue weighted by Crippen LogP contribution is 2.42. The van der Waals surface area contributed by atoms with Gasteiger partial charge in [-0.05, 0) is 58.0 Å². The minimum Gasteiger partial charge on any atom is -0.462 e. The van der Waals surface area contributed by atoms with Crippen LogP contribution in [-0.2, 0) is 9.53 Å². The van der Waals surface area contributed by atoms with Gasteiger partial charge in [0, 0.05) is 19.6 Å². The molecule has 0 aromatic heterocycles. The average Bonchev–Trinajstić information content (AvgIpc) is 3.17. The Bertz CT molecular complexity index is 910. The Balaban J connectivity index is 1.98. The molecule has 0 unspecified atom stereocenters. The van der Waals surface area contributed by atoms with Crippen LogP contribution < -0.4 is 9.80 Å². The number of fused-ring (bicyclic) bond motifs is 1. The molecule has 6 nitrogen and oxygen atoms in total. The molecule has 1 aromatic rings. The van der Waals surface area contributed by atoms with Crippen LogP contribution in [0.4, 0.5) is 11.4 Å². The Hall–Kier alpha value is -2.32. The third kappa shape index (κ3) is 3.91. The number of hydrogen-bond acceptors (Lipinski definition) is 7. The molecule has 1 saturated heterocycles. The highest BCUT2D eigenvalue weighted by Gasteiger charge is 2.32. The number of anilines is 2. The van der Waals surface area contributed by atoms with Gasteiger partial charge in [0.1, 0.15) is 10.1 Å². The number of thiocarbonyl (C=S) groups is 1. The molecule has 0 saturated carbocycles. The third-order valence-corrected chi connectivity index (χ3v) is 6.22. The van der Waals surface area contributed by atoms with E-state index < -0.39 is 0 Å². The molecular formula is C21H25N3O3S2. The van der Waals surface area contributed by atoms with E-state index in [1.54, 1.807) is 17.9 Å². The molecule has 2 aliphatic rings. The number of nitrogens with zero attached hydrogens (tertiary/aromatic N) is 3. The van der Waals surface area contributed by atoms with Crippen LogP contribution in [0.2, 0.25) is 0 Å². The maximum absolute atomic E-state index is 12.5. The topological polar surface area (TPSA) is 53.1 Å². The lowest BCUT2D eigenvalue weighted by atomic mass is 10.1. The van der Waals surface area contributed by atoms with Crippen LogP contribution in [-0.4, -0.2) is 47.3 Å². The summed E-state index contributed by atoms with van der Waals surface area (Å²) in [5, 5.41) is 0. The van der Waals surface area contributed by atoms with Gasteiger partial charge in [-0.2, -0.15) is 0 Å². The number of thioether (sulfide) groups is 1. The number of rotatable bonds is 6. The Morgan fingerprint density at radius 2 is 1.69 bits per heavy atom. The van der Waals surface area contributed by atoms with Gasteiger partial charge in [-0.1, -0.05) is 24.0 Å². The molecule has 8 heteroatoms. The predicted octanol–water partition coefficient (Wildman–Crippen LogP) is 4.14. The smallest absolute Gasteiger partial charge is 0.338 e. The van der Waals surface area contributed by atoms with E-state index in [1.807, 2.05) is 31.2 Å².